The zero-order chi connectivity index (χ0) is 26.0. The number of ether oxygens (including phenoxy) is 2. The summed E-state index contributed by atoms with van der Waals surface area (Å²) in [5.74, 6) is -0.207. The summed E-state index contributed by atoms with van der Waals surface area (Å²) in [6.45, 7) is 4.69. The molecule has 0 radical (unpaired) electrons. The van der Waals surface area contributed by atoms with Gasteiger partial charge in [0.2, 0.25) is 0 Å². The third-order valence-corrected chi connectivity index (χ3v) is 6.27. The third-order valence-electron chi connectivity index (χ3n) is 6.27. The summed E-state index contributed by atoms with van der Waals surface area (Å²) in [6, 6.07) is 35.1. The molecule has 0 aliphatic rings. The Bertz CT molecular complexity index is 1320. The first-order valence-electron chi connectivity index (χ1n) is 12.5. The minimum Gasteiger partial charge on any atom is -0.490 e. The largest absolute Gasteiger partial charge is 0.490 e. The molecule has 37 heavy (non-hydrogen) atoms. The van der Waals surface area contributed by atoms with Crippen LogP contribution in [0.2, 0.25) is 0 Å². The lowest BCUT2D eigenvalue weighted by Crippen LogP contribution is -2.26. The highest BCUT2D eigenvalue weighted by Crippen LogP contribution is 2.27. The second-order valence-electron chi connectivity index (χ2n) is 8.85. The van der Waals surface area contributed by atoms with Gasteiger partial charge in [-0.05, 0) is 77.1 Å². The van der Waals surface area contributed by atoms with E-state index >= 15 is 0 Å². The van der Waals surface area contributed by atoms with Crippen LogP contribution >= 0.6 is 0 Å². The monoisotopic (exact) mass is 492 g/mol. The summed E-state index contributed by atoms with van der Waals surface area (Å²) in [5, 5.41) is 9.25. The number of rotatable bonds is 11. The molecule has 0 aliphatic carbocycles. The second kappa shape index (κ2) is 12.7. The van der Waals surface area contributed by atoms with Crippen LogP contribution in [0.5, 0.6) is 5.75 Å². The minimum atomic E-state index is -0.948. The highest BCUT2D eigenvalue weighted by atomic mass is 16.5. The maximum absolute atomic E-state index is 11.3. The van der Waals surface area contributed by atoms with Crippen molar-refractivity contribution in [2.45, 2.75) is 26.4 Å². The average Bonchev–Trinajstić information content (AvgIpc) is 2.94. The van der Waals surface area contributed by atoms with Gasteiger partial charge in [-0.3, -0.25) is 0 Å². The van der Waals surface area contributed by atoms with Crippen molar-refractivity contribution in [3.05, 3.63) is 120 Å². The van der Waals surface area contributed by atoms with E-state index in [1.54, 1.807) is 6.92 Å². The number of hydrogen-bond donors (Lipinski definition) is 1. The molecule has 0 aliphatic heterocycles. The van der Waals surface area contributed by atoms with E-state index in [9.17, 15) is 9.90 Å². The fourth-order valence-electron chi connectivity index (χ4n) is 4.17. The van der Waals surface area contributed by atoms with Gasteiger partial charge < -0.3 is 14.6 Å². The van der Waals surface area contributed by atoms with Gasteiger partial charge in [-0.2, -0.15) is 0 Å². The van der Waals surface area contributed by atoms with E-state index in [1.165, 1.54) is 22.3 Å². The summed E-state index contributed by atoms with van der Waals surface area (Å²) in [7, 11) is 0. The molecule has 4 nitrogen and oxygen atoms in total. The van der Waals surface area contributed by atoms with Crippen molar-refractivity contribution in [2.75, 3.05) is 13.2 Å². The number of aliphatic carboxylic acids is 1. The fraction of sp³-hybridized carbons (Fsp3) is 0.182. The number of hydrogen-bond acceptors (Lipinski definition) is 3. The summed E-state index contributed by atoms with van der Waals surface area (Å²) in [5.41, 5.74) is 7.98. The highest BCUT2D eigenvalue weighted by molar-refractivity contribution is 5.75. The molecule has 0 spiro atoms. The Kier molecular flexibility index (Phi) is 8.90. The average molecular weight is 493 g/mol. The molecule has 1 atom stereocenters. The van der Waals surface area contributed by atoms with E-state index in [0.717, 1.165) is 22.4 Å². The first-order chi connectivity index (χ1) is 18.0. The summed E-state index contributed by atoms with van der Waals surface area (Å²) >= 11 is 0. The molecule has 1 N–H and O–H groups in total. The van der Waals surface area contributed by atoms with Gasteiger partial charge in [0.25, 0.3) is 0 Å². The van der Waals surface area contributed by atoms with Gasteiger partial charge in [0.15, 0.2) is 6.10 Å². The van der Waals surface area contributed by atoms with Crippen molar-refractivity contribution < 1.29 is 19.4 Å². The molecule has 0 bridgehead atoms. The van der Waals surface area contributed by atoms with Crippen LogP contribution in [0, 0.1) is 0 Å². The fourth-order valence-corrected chi connectivity index (χ4v) is 4.17. The van der Waals surface area contributed by atoms with E-state index in [0.29, 0.717) is 19.6 Å². The summed E-state index contributed by atoms with van der Waals surface area (Å²) < 4.78 is 11.2. The molecule has 4 aromatic rings. The SMILES string of the molecule is CCO[C@@H](Cc1ccc(OCC=C(C)c2ccc(-c3cccc(-c4ccccc4)c3)cc2)cc1)C(=O)O. The van der Waals surface area contributed by atoms with Crippen molar-refractivity contribution in [3.63, 3.8) is 0 Å². The molecule has 0 amide bonds. The number of carboxylic acids is 1. The predicted molar refractivity (Wildman–Crippen MR) is 150 cm³/mol. The molecule has 0 saturated heterocycles. The number of carbonyl (C=O) groups is 1. The lowest BCUT2D eigenvalue weighted by molar-refractivity contribution is -0.149. The van der Waals surface area contributed by atoms with Crippen LogP contribution in [-0.2, 0) is 16.0 Å². The zero-order valence-corrected chi connectivity index (χ0v) is 21.3. The Labute approximate surface area is 218 Å². The smallest absolute Gasteiger partial charge is 0.333 e. The molecule has 0 saturated carbocycles. The predicted octanol–water partition coefficient (Wildman–Crippen LogP) is 7.54. The topological polar surface area (TPSA) is 55.8 Å². The maximum atomic E-state index is 11.3. The quantitative estimate of drug-likeness (QED) is 0.235. The van der Waals surface area contributed by atoms with Crippen LogP contribution in [0.15, 0.2) is 109 Å². The van der Waals surface area contributed by atoms with Crippen LogP contribution in [0.1, 0.15) is 25.0 Å². The normalized spacial score (nSPS) is 12.2. The second-order valence-corrected chi connectivity index (χ2v) is 8.85. The van der Waals surface area contributed by atoms with Gasteiger partial charge in [0, 0.05) is 13.0 Å². The Morgan fingerprint density at radius 2 is 1.43 bits per heavy atom. The highest BCUT2D eigenvalue weighted by Gasteiger charge is 2.17. The molecule has 0 heterocycles. The Hall–Kier alpha value is -4.15. The molecular weight excluding hydrogens is 460 g/mol. The van der Waals surface area contributed by atoms with Crippen LogP contribution in [-0.4, -0.2) is 30.4 Å². The Balaban J connectivity index is 1.35. The molecule has 0 fully saturated rings. The van der Waals surface area contributed by atoms with E-state index in [1.807, 2.05) is 30.3 Å². The molecule has 0 unspecified atom stereocenters. The van der Waals surface area contributed by atoms with Crippen LogP contribution < -0.4 is 4.74 Å². The lowest BCUT2D eigenvalue weighted by atomic mass is 9.97. The van der Waals surface area contributed by atoms with Gasteiger partial charge in [0.1, 0.15) is 12.4 Å². The minimum absolute atomic E-state index is 0.328. The van der Waals surface area contributed by atoms with E-state index in [4.69, 9.17) is 9.47 Å². The van der Waals surface area contributed by atoms with Gasteiger partial charge in [-0.1, -0.05) is 84.9 Å². The molecule has 4 heteroatoms. The van der Waals surface area contributed by atoms with Crippen LogP contribution in [0.25, 0.3) is 27.8 Å². The summed E-state index contributed by atoms with van der Waals surface area (Å²) in [4.78, 5) is 11.3. The van der Waals surface area contributed by atoms with Crippen molar-refractivity contribution in [3.8, 4) is 28.0 Å². The molecular formula is C33H32O4. The van der Waals surface area contributed by atoms with Crippen molar-refractivity contribution in [1.82, 2.24) is 0 Å². The van der Waals surface area contributed by atoms with E-state index in [-0.39, 0.29) is 0 Å². The number of benzene rings is 4. The van der Waals surface area contributed by atoms with Crippen LogP contribution in [0.4, 0.5) is 0 Å². The van der Waals surface area contributed by atoms with E-state index in [2.05, 4.69) is 85.8 Å². The lowest BCUT2D eigenvalue weighted by Gasteiger charge is -2.12. The van der Waals surface area contributed by atoms with Gasteiger partial charge in [0.05, 0.1) is 0 Å². The number of carboxylic acid groups (broad SMARTS) is 1. The van der Waals surface area contributed by atoms with Crippen molar-refractivity contribution in [2.24, 2.45) is 0 Å². The molecule has 4 aromatic carbocycles. The van der Waals surface area contributed by atoms with Gasteiger partial charge >= 0.3 is 5.97 Å². The van der Waals surface area contributed by atoms with Crippen molar-refractivity contribution in [1.29, 1.82) is 0 Å². The molecule has 188 valence electrons. The maximum Gasteiger partial charge on any atom is 0.333 e. The van der Waals surface area contributed by atoms with Crippen LogP contribution in [0.3, 0.4) is 0 Å². The van der Waals surface area contributed by atoms with Gasteiger partial charge in [-0.15, -0.1) is 0 Å². The molecule has 4 rings (SSSR count). The Morgan fingerprint density at radius 3 is 2.05 bits per heavy atom. The molecule has 0 aromatic heterocycles. The third kappa shape index (κ3) is 7.18. The zero-order valence-electron chi connectivity index (χ0n) is 21.3. The van der Waals surface area contributed by atoms with E-state index < -0.39 is 12.1 Å². The first-order valence-corrected chi connectivity index (χ1v) is 12.5. The van der Waals surface area contributed by atoms with Crippen molar-refractivity contribution >= 4 is 11.5 Å². The Morgan fingerprint density at radius 1 is 0.811 bits per heavy atom. The number of allylic oxidation sites excluding steroid dienone is 1. The standard InChI is InChI=1S/C33H32O4/c1-3-36-32(33(34)35)22-25-12-18-31(19-13-25)37-21-20-24(2)26-14-16-28(17-15-26)30-11-7-10-29(23-30)27-8-5-4-6-9-27/h4-20,23,32H,3,21-22H2,1-2H3,(H,34,35)/t32-/m0/s1. The first kappa shape index (κ1) is 25.9. The van der Waals surface area contributed by atoms with Gasteiger partial charge in [-0.25, -0.2) is 4.79 Å². The summed E-state index contributed by atoms with van der Waals surface area (Å²) in [6.07, 6.45) is 1.56.